The maximum Gasteiger partial charge on any atom is 0.310 e. The van der Waals surface area contributed by atoms with E-state index in [4.69, 9.17) is 10.8 Å². The van der Waals surface area contributed by atoms with Crippen LogP contribution in [-0.4, -0.2) is 11.1 Å². The Morgan fingerprint density at radius 3 is 2.69 bits per heavy atom. The van der Waals surface area contributed by atoms with Crippen LogP contribution in [-0.2, 0) is 4.79 Å². The van der Waals surface area contributed by atoms with Gasteiger partial charge in [-0.15, -0.1) is 0 Å². The van der Waals surface area contributed by atoms with Gasteiger partial charge in [-0.25, -0.2) is 4.39 Å². The van der Waals surface area contributed by atoms with Crippen LogP contribution in [0.25, 0.3) is 0 Å². The van der Waals surface area contributed by atoms with Crippen LogP contribution in [0, 0.1) is 5.82 Å². The average molecular weight is 183 g/mol. The molecule has 0 saturated heterocycles. The lowest BCUT2D eigenvalue weighted by molar-refractivity contribution is -0.138. The van der Waals surface area contributed by atoms with Crippen molar-refractivity contribution in [2.45, 2.75) is 12.8 Å². The Morgan fingerprint density at radius 1 is 1.62 bits per heavy atom. The topological polar surface area (TPSA) is 63.3 Å². The molecule has 0 aliphatic heterocycles. The highest BCUT2D eigenvalue weighted by molar-refractivity contribution is 5.75. The summed E-state index contributed by atoms with van der Waals surface area (Å²) in [5, 5.41) is 8.63. The molecule has 0 fully saturated rings. The molecule has 0 saturated carbocycles. The molecule has 0 bridgehead atoms. The number of carboxylic acids is 1. The molecule has 70 valence electrons. The number of rotatable bonds is 2. The van der Waals surface area contributed by atoms with E-state index in [0.29, 0.717) is 5.69 Å². The van der Waals surface area contributed by atoms with E-state index in [2.05, 4.69) is 0 Å². The van der Waals surface area contributed by atoms with Crippen molar-refractivity contribution in [3.63, 3.8) is 0 Å². The predicted octanol–water partition coefficient (Wildman–Crippen LogP) is 1.60. The van der Waals surface area contributed by atoms with Gasteiger partial charge in [-0.2, -0.15) is 0 Å². The second-order valence-corrected chi connectivity index (χ2v) is 2.84. The zero-order chi connectivity index (χ0) is 10.0. The lowest BCUT2D eigenvalue weighted by atomic mass is 10.0. The third-order valence-corrected chi connectivity index (χ3v) is 1.86. The first-order valence-corrected chi connectivity index (χ1v) is 3.80. The van der Waals surface area contributed by atoms with Gasteiger partial charge in [0.2, 0.25) is 0 Å². The summed E-state index contributed by atoms with van der Waals surface area (Å²) in [6, 6.07) is 4.00. The van der Waals surface area contributed by atoms with Crippen molar-refractivity contribution in [3.05, 3.63) is 29.6 Å². The number of nitrogen functional groups attached to an aromatic ring is 1. The Kier molecular flexibility index (Phi) is 2.51. The number of nitrogens with two attached hydrogens (primary N) is 1. The number of hydrogen-bond donors (Lipinski definition) is 2. The highest BCUT2D eigenvalue weighted by Crippen LogP contribution is 2.20. The van der Waals surface area contributed by atoms with E-state index in [0.717, 1.165) is 6.07 Å². The molecular weight excluding hydrogens is 173 g/mol. The minimum atomic E-state index is -1.05. The van der Waals surface area contributed by atoms with Crippen molar-refractivity contribution in [3.8, 4) is 0 Å². The van der Waals surface area contributed by atoms with Crippen LogP contribution in [0.15, 0.2) is 18.2 Å². The molecule has 1 unspecified atom stereocenters. The van der Waals surface area contributed by atoms with Crippen molar-refractivity contribution in [1.29, 1.82) is 0 Å². The molecule has 0 aromatic heterocycles. The minimum Gasteiger partial charge on any atom is -0.481 e. The van der Waals surface area contributed by atoms with Crippen LogP contribution in [0.1, 0.15) is 18.4 Å². The van der Waals surface area contributed by atoms with Crippen molar-refractivity contribution < 1.29 is 14.3 Å². The standard InChI is InChI=1S/C9H10FNO2/c1-5(9(12)13)7-3-2-6(11)4-8(7)10/h2-5H,11H2,1H3,(H,12,13). The van der Waals surface area contributed by atoms with Gasteiger partial charge in [0.25, 0.3) is 0 Å². The van der Waals surface area contributed by atoms with Crippen molar-refractivity contribution >= 4 is 11.7 Å². The summed E-state index contributed by atoms with van der Waals surface area (Å²) in [6.07, 6.45) is 0. The summed E-state index contributed by atoms with van der Waals surface area (Å²) in [5.74, 6) is -2.47. The Morgan fingerprint density at radius 2 is 2.23 bits per heavy atom. The molecule has 0 radical (unpaired) electrons. The van der Waals surface area contributed by atoms with Gasteiger partial charge in [0.05, 0.1) is 5.92 Å². The molecule has 3 nitrogen and oxygen atoms in total. The zero-order valence-electron chi connectivity index (χ0n) is 7.12. The van der Waals surface area contributed by atoms with E-state index in [1.54, 1.807) is 0 Å². The van der Waals surface area contributed by atoms with Gasteiger partial charge in [-0.1, -0.05) is 6.07 Å². The van der Waals surface area contributed by atoms with Gasteiger partial charge in [-0.05, 0) is 19.1 Å². The van der Waals surface area contributed by atoms with Crippen LogP contribution < -0.4 is 5.73 Å². The molecule has 4 heteroatoms. The number of benzene rings is 1. The molecule has 0 spiro atoms. The molecule has 13 heavy (non-hydrogen) atoms. The largest absolute Gasteiger partial charge is 0.481 e. The predicted molar refractivity (Wildman–Crippen MR) is 46.9 cm³/mol. The highest BCUT2D eigenvalue weighted by Gasteiger charge is 2.17. The number of carbonyl (C=O) groups is 1. The number of halogens is 1. The summed E-state index contributed by atoms with van der Waals surface area (Å²) in [5.41, 5.74) is 5.76. The Hall–Kier alpha value is -1.58. The smallest absolute Gasteiger partial charge is 0.310 e. The van der Waals surface area contributed by atoms with E-state index in [9.17, 15) is 9.18 Å². The lowest BCUT2D eigenvalue weighted by Gasteiger charge is -2.07. The summed E-state index contributed by atoms with van der Waals surface area (Å²) < 4.78 is 13.1. The monoisotopic (exact) mass is 183 g/mol. The fourth-order valence-electron chi connectivity index (χ4n) is 1.03. The van der Waals surface area contributed by atoms with E-state index in [-0.39, 0.29) is 5.56 Å². The van der Waals surface area contributed by atoms with E-state index >= 15 is 0 Å². The van der Waals surface area contributed by atoms with E-state index in [1.165, 1.54) is 19.1 Å². The SMILES string of the molecule is CC(C(=O)O)c1ccc(N)cc1F. The zero-order valence-corrected chi connectivity index (χ0v) is 7.12. The fourth-order valence-corrected chi connectivity index (χ4v) is 1.03. The van der Waals surface area contributed by atoms with Crippen LogP contribution >= 0.6 is 0 Å². The van der Waals surface area contributed by atoms with Crippen LogP contribution in [0.3, 0.4) is 0 Å². The third kappa shape index (κ3) is 1.96. The molecule has 0 heterocycles. The van der Waals surface area contributed by atoms with Gasteiger partial charge in [0.1, 0.15) is 5.82 Å². The molecule has 0 aliphatic carbocycles. The molecule has 0 aliphatic rings. The van der Waals surface area contributed by atoms with Crippen LogP contribution in [0.2, 0.25) is 0 Å². The lowest BCUT2D eigenvalue weighted by Crippen LogP contribution is -2.09. The van der Waals surface area contributed by atoms with Gasteiger partial charge >= 0.3 is 5.97 Å². The summed E-state index contributed by atoms with van der Waals surface area (Å²) >= 11 is 0. The minimum absolute atomic E-state index is 0.154. The van der Waals surface area contributed by atoms with Gasteiger partial charge < -0.3 is 10.8 Å². The van der Waals surface area contributed by atoms with Crippen molar-refractivity contribution in [2.75, 3.05) is 5.73 Å². The second kappa shape index (κ2) is 3.43. The number of hydrogen-bond acceptors (Lipinski definition) is 2. The van der Waals surface area contributed by atoms with Crippen molar-refractivity contribution in [1.82, 2.24) is 0 Å². The normalized spacial score (nSPS) is 12.5. The highest BCUT2D eigenvalue weighted by atomic mass is 19.1. The second-order valence-electron chi connectivity index (χ2n) is 2.84. The molecule has 0 amide bonds. The molecule has 1 aromatic rings. The molecule has 3 N–H and O–H groups in total. The number of anilines is 1. The fraction of sp³-hybridized carbons (Fsp3) is 0.222. The third-order valence-electron chi connectivity index (χ3n) is 1.86. The Labute approximate surface area is 75.0 Å². The van der Waals surface area contributed by atoms with Gasteiger partial charge in [-0.3, -0.25) is 4.79 Å². The summed E-state index contributed by atoms with van der Waals surface area (Å²) in [6.45, 7) is 1.43. The van der Waals surface area contributed by atoms with Crippen LogP contribution in [0.5, 0.6) is 0 Å². The quantitative estimate of drug-likeness (QED) is 0.684. The molecular formula is C9H10FNO2. The molecule has 1 rings (SSSR count). The van der Waals surface area contributed by atoms with Gasteiger partial charge in [0, 0.05) is 11.3 Å². The van der Waals surface area contributed by atoms with Crippen LogP contribution in [0.4, 0.5) is 10.1 Å². The Balaban J connectivity index is 3.08. The van der Waals surface area contributed by atoms with Gasteiger partial charge in [0.15, 0.2) is 0 Å². The Bertz CT molecular complexity index is 338. The first-order chi connectivity index (χ1) is 6.02. The van der Waals surface area contributed by atoms with E-state index < -0.39 is 17.7 Å². The maximum absolute atomic E-state index is 13.1. The van der Waals surface area contributed by atoms with Crippen molar-refractivity contribution in [2.24, 2.45) is 0 Å². The number of carboxylic acid groups (broad SMARTS) is 1. The molecule has 1 atom stereocenters. The number of aliphatic carboxylic acids is 1. The summed E-state index contributed by atoms with van der Waals surface area (Å²) in [4.78, 5) is 10.5. The first-order valence-electron chi connectivity index (χ1n) is 3.80. The first kappa shape index (κ1) is 9.51. The maximum atomic E-state index is 13.1. The van der Waals surface area contributed by atoms with E-state index in [1.807, 2.05) is 0 Å². The molecule has 1 aromatic carbocycles. The summed E-state index contributed by atoms with van der Waals surface area (Å²) in [7, 11) is 0. The average Bonchev–Trinajstić information content (AvgIpc) is 2.03.